The van der Waals surface area contributed by atoms with Crippen LogP contribution in [0.25, 0.3) is 22.3 Å². The molecule has 2 nitrogen and oxygen atoms in total. The number of fused-ring (bicyclic) bond motifs is 4. The molecule has 144 valence electrons. The van der Waals surface area contributed by atoms with Crippen molar-refractivity contribution in [2.75, 3.05) is 13.2 Å². The molecular formula is C22H23F3O2. The Kier molecular flexibility index (Phi) is 4.89. The smallest absolute Gasteiger partial charge is 0.173 e. The first kappa shape index (κ1) is 18.4. The summed E-state index contributed by atoms with van der Waals surface area (Å²) in [7, 11) is 0. The Morgan fingerprint density at radius 2 is 1.81 bits per heavy atom. The normalized spacial score (nSPS) is 20.6. The average Bonchev–Trinajstić information content (AvgIpc) is 2.64. The number of aryl methyl sites for hydroxylation is 1. The monoisotopic (exact) mass is 376 g/mol. The van der Waals surface area contributed by atoms with Crippen LogP contribution < -0.4 is 4.74 Å². The average molecular weight is 376 g/mol. The third-order valence-electron chi connectivity index (χ3n) is 5.65. The van der Waals surface area contributed by atoms with Gasteiger partial charge in [-0.3, -0.25) is 0 Å². The van der Waals surface area contributed by atoms with E-state index in [1.54, 1.807) is 25.1 Å². The third-order valence-corrected chi connectivity index (χ3v) is 5.65. The molecule has 1 aliphatic heterocycles. The van der Waals surface area contributed by atoms with E-state index in [2.05, 4.69) is 6.92 Å². The fourth-order valence-corrected chi connectivity index (χ4v) is 4.07. The Morgan fingerprint density at radius 3 is 2.52 bits per heavy atom. The van der Waals surface area contributed by atoms with Crippen molar-refractivity contribution in [1.82, 2.24) is 0 Å². The lowest BCUT2D eigenvalue weighted by Gasteiger charge is -2.28. The SMILES string of the molecule is CCOc1ccc2c(c1F)-c1c-2cc(CCC2CCC(C)OC2)c(F)c1F. The standard InChI is InChI=1S/C22H23F3O2/c1-3-26-17-9-8-15-16-10-14(7-6-13-5-4-12(2)27-11-13)20(23)22(25)19(16)18(15)21(17)24/h8-10,12-13H,3-7,11H2,1-2H3. The van der Waals surface area contributed by atoms with Crippen LogP contribution in [-0.4, -0.2) is 19.3 Å². The van der Waals surface area contributed by atoms with Crippen molar-refractivity contribution in [3.63, 3.8) is 0 Å². The summed E-state index contributed by atoms with van der Waals surface area (Å²) < 4.78 is 54.8. The van der Waals surface area contributed by atoms with Gasteiger partial charge in [0.2, 0.25) is 0 Å². The Hall–Kier alpha value is -2.01. The van der Waals surface area contributed by atoms with Gasteiger partial charge >= 0.3 is 0 Å². The van der Waals surface area contributed by atoms with E-state index < -0.39 is 17.5 Å². The summed E-state index contributed by atoms with van der Waals surface area (Å²) in [5.74, 6) is -2.02. The molecule has 2 atom stereocenters. The van der Waals surface area contributed by atoms with Gasteiger partial charge in [0.1, 0.15) is 0 Å². The van der Waals surface area contributed by atoms with Crippen molar-refractivity contribution in [2.24, 2.45) is 5.92 Å². The molecule has 27 heavy (non-hydrogen) atoms. The summed E-state index contributed by atoms with van der Waals surface area (Å²) >= 11 is 0. The lowest BCUT2D eigenvalue weighted by molar-refractivity contribution is -0.00699. The minimum absolute atomic E-state index is 0.0279. The minimum atomic E-state index is -0.962. The molecule has 0 N–H and O–H groups in total. The molecule has 0 bridgehead atoms. The van der Waals surface area contributed by atoms with E-state index in [1.165, 1.54) is 0 Å². The van der Waals surface area contributed by atoms with Gasteiger partial charge in [-0.15, -0.1) is 0 Å². The van der Waals surface area contributed by atoms with Crippen molar-refractivity contribution >= 4 is 0 Å². The first-order valence-corrected chi connectivity index (χ1v) is 9.59. The van der Waals surface area contributed by atoms with Crippen LogP contribution in [0.4, 0.5) is 13.2 Å². The minimum Gasteiger partial charge on any atom is -0.491 e. The maximum atomic E-state index is 14.7. The molecule has 1 aliphatic carbocycles. The van der Waals surface area contributed by atoms with Gasteiger partial charge in [0.25, 0.3) is 0 Å². The molecule has 2 unspecified atom stereocenters. The van der Waals surface area contributed by atoms with Crippen LogP contribution in [0, 0.1) is 23.4 Å². The van der Waals surface area contributed by atoms with E-state index in [0.717, 1.165) is 19.3 Å². The van der Waals surface area contributed by atoms with Crippen LogP contribution in [0.3, 0.4) is 0 Å². The van der Waals surface area contributed by atoms with Crippen molar-refractivity contribution in [2.45, 2.75) is 45.6 Å². The fraction of sp³-hybridized carbons (Fsp3) is 0.455. The van der Waals surface area contributed by atoms with Gasteiger partial charge in [-0.2, -0.15) is 0 Å². The highest BCUT2D eigenvalue weighted by atomic mass is 19.2. The zero-order chi connectivity index (χ0) is 19.1. The predicted octanol–water partition coefficient (Wildman–Crippen LogP) is 5.90. The van der Waals surface area contributed by atoms with Crippen molar-refractivity contribution < 1.29 is 22.6 Å². The van der Waals surface area contributed by atoms with Gasteiger partial charge in [-0.05, 0) is 80.3 Å². The van der Waals surface area contributed by atoms with Gasteiger partial charge < -0.3 is 9.47 Å². The number of halogens is 3. The summed E-state index contributed by atoms with van der Waals surface area (Å²) in [5.41, 5.74) is 1.69. The van der Waals surface area contributed by atoms with Gasteiger partial charge in [-0.25, -0.2) is 13.2 Å². The number of hydrogen-bond donors (Lipinski definition) is 0. The second kappa shape index (κ2) is 7.19. The number of rotatable bonds is 5. The van der Waals surface area contributed by atoms with Gasteiger partial charge in [-0.1, -0.05) is 0 Å². The first-order chi connectivity index (χ1) is 13.0. The Labute approximate surface area is 157 Å². The van der Waals surface area contributed by atoms with Gasteiger partial charge in [0, 0.05) is 17.7 Å². The topological polar surface area (TPSA) is 18.5 Å². The molecule has 0 spiro atoms. The Morgan fingerprint density at radius 1 is 1.04 bits per heavy atom. The number of benzene rings is 2. The number of hydrogen-bond acceptors (Lipinski definition) is 2. The molecule has 1 fully saturated rings. The van der Waals surface area contributed by atoms with E-state index in [9.17, 15) is 13.2 Å². The lowest BCUT2D eigenvalue weighted by atomic mass is 9.78. The molecule has 5 heteroatoms. The van der Waals surface area contributed by atoms with Crippen LogP contribution in [0.15, 0.2) is 18.2 Å². The highest BCUT2D eigenvalue weighted by Crippen LogP contribution is 2.52. The maximum Gasteiger partial charge on any atom is 0.173 e. The van der Waals surface area contributed by atoms with Crippen LogP contribution in [-0.2, 0) is 11.2 Å². The molecular weight excluding hydrogens is 353 g/mol. The van der Waals surface area contributed by atoms with Crippen molar-refractivity contribution in [1.29, 1.82) is 0 Å². The van der Waals surface area contributed by atoms with E-state index in [1.807, 2.05) is 0 Å². The summed E-state index contributed by atoms with van der Waals surface area (Å²) in [4.78, 5) is 0. The molecule has 0 amide bonds. The zero-order valence-electron chi connectivity index (χ0n) is 15.6. The first-order valence-electron chi connectivity index (χ1n) is 9.59. The molecule has 0 radical (unpaired) electrons. The summed E-state index contributed by atoms with van der Waals surface area (Å²) in [6.45, 7) is 4.78. The van der Waals surface area contributed by atoms with Crippen molar-refractivity contribution in [3.05, 3.63) is 41.2 Å². The predicted molar refractivity (Wildman–Crippen MR) is 98.4 cm³/mol. The summed E-state index contributed by atoms with van der Waals surface area (Å²) in [5, 5.41) is 0. The van der Waals surface area contributed by atoms with Crippen LogP contribution in [0.1, 0.15) is 38.7 Å². The Balaban J connectivity index is 1.58. The molecule has 0 aromatic heterocycles. The fourth-order valence-electron chi connectivity index (χ4n) is 4.07. The molecule has 2 aromatic rings. The van der Waals surface area contributed by atoms with Crippen LogP contribution in [0.2, 0.25) is 0 Å². The van der Waals surface area contributed by atoms with Gasteiger partial charge in [0.05, 0.1) is 12.7 Å². The maximum absolute atomic E-state index is 14.7. The van der Waals surface area contributed by atoms with Crippen LogP contribution >= 0.6 is 0 Å². The molecule has 1 saturated heterocycles. The molecule has 2 aliphatic rings. The molecule has 4 rings (SSSR count). The largest absolute Gasteiger partial charge is 0.491 e. The van der Waals surface area contributed by atoms with Crippen LogP contribution in [0.5, 0.6) is 5.75 Å². The quantitative estimate of drug-likeness (QED) is 0.552. The van der Waals surface area contributed by atoms with E-state index in [0.29, 0.717) is 42.2 Å². The van der Waals surface area contributed by atoms with E-state index in [4.69, 9.17) is 9.47 Å². The molecule has 1 heterocycles. The van der Waals surface area contributed by atoms with E-state index >= 15 is 0 Å². The molecule has 2 aromatic carbocycles. The summed E-state index contributed by atoms with van der Waals surface area (Å²) in [6, 6.07) is 4.92. The summed E-state index contributed by atoms with van der Waals surface area (Å²) in [6.07, 6.45) is 3.53. The third kappa shape index (κ3) is 3.12. The Bertz CT molecular complexity index is 871. The molecule has 0 saturated carbocycles. The highest BCUT2D eigenvalue weighted by Gasteiger charge is 2.34. The second-order valence-electron chi connectivity index (χ2n) is 7.45. The van der Waals surface area contributed by atoms with Crippen molar-refractivity contribution in [3.8, 4) is 28.0 Å². The second-order valence-corrected chi connectivity index (χ2v) is 7.45. The van der Waals surface area contributed by atoms with E-state index in [-0.39, 0.29) is 23.0 Å². The van der Waals surface area contributed by atoms with Gasteiger partial charge in [0.15, 0.2) is 23.2 Å². The zero-order valence-corrected chi connectivity index (χ0v) is 15.6. The highest BCUT2D eigenvalue weighted by molar-refractivity contribution is 6.03. The lowest BCUT2D eigenvalue weighted by Crippen LogP contribution is -2.24. The number of ether oxygens (including phenoxy) is 2.